The molecule has 1 heterocycles. The molecule has 4 N–H and O–H groups in total. The van der Waals surface area contributed by atoms with E-state index in [9.17, 15) is 9.59 Å². The summed E-state index contributed by atoms with van der Waals surface area (Å²) in [6.45, 7) is 6.83. The summed E-state index contributed by atoms with van der Waals surface area (Å²) in [6, 6.07) is -0.108. The van der Waals surface area contributed by atoms with Crippen LogP contribution in [0, 0.1) is 0 Å². The smallest absolute Gasteiger partial charge is 0.331 e. The Morgan fingerprint density at radius 1 is 1.16 bits per heavy atom. The van der Waals surface area contributed by atoms with E-state index >= 15 is 0 Å². The molecule has 0 bridgehead atoms. The zero-order valence-corrected chi connectivity index (χ0v) is 12.9. The summed E-state index contributed by atoms with van der Waals surface area (Å²) in [5.74, 6) is 5.08. The highest BCUT2D eigenvalue weighted by atomic mass is 35.5. The number of piperazine rings is 1. The molecule has 1 rings (SSSR count). The van der Waals surface area contributed by atoms with Crippen molar-refractivity contribution < 1.29 is 9.59 Å². The van der Waals surface area contributed by atoms with Gasteiger partial charge in [0.05, 0.1) is 6.54 Å². The first kappa shape index (κ1) is 20.6. The zero-order chi connectivity index (χ0) is 12.8. The molecule has 1 aliphatic heterocycles. The van der Waals surface area contributed by atoms with Gasteiger partial charge >= 0.3 is 6.03 Å². The van der Waals surface area contributed by atoms with Gasteiger partial charge in [0.15, 0.2) is 0 Å². The molecule has 0 unspecified atom stereocenters. The third-order valence-corrected chi connectivity index (χ3v) is 2.60. The number of nitrogens with zero attached hydrogens (tertiary/aromatic N) is 2. The van der Waals surface area contributed by atoms with Gasteiger partial charge in [-0.1, -0.05) is 0 Å². The third kappa shape index (κ3) is 7.41. The van der Waals surface area contributed by atoms with Crippen LogP contribution in [-0.4, -0.2) is 60.5 Å². The fourth-order valence-electron chi connectivity index (χ4n) is 1.77. The summed E-state index contributed by atoms with van der Waals surface area (Å²) in [5, 5.41) is 2.84. The highest BCUT2D eigenvalue weighted by Gasteiger charge is 2.21. The molecule has 9 heteroatoms. The van der Waals surface area contributed by atoms with Crippen LogP contribution in [0.1, 0.15) is 13.8 Å². The number of hydrogen-bond donors (Lipinski definition) is 3. The Morgan fingerprint density at radius 3 is 2.11 bits per heavy atom. The first-order valence-electron chi connectivity index (χ1n) is 5.80. The lowest BCUT2D eigenvalue weighted by atomic mass is 10.3. The van der Waals surface area contributed by atoms with E-state index in [1.165, 1.54) is 0 Å². The predicted molar refractivity (Wildman–Crippen MR) is 78.5 cm³/mol. The lowest BCUT2D eigenvalue weighted by molar-refractivity contribution is -0.123. The molecule has 7 nitrogen and oxygen atoms in total. The molecule has 0 spiro atoms. The normalized spacial score (nSPS) is 15.3. The van der Waals surface area contributed by atoms with Gasteiger partial charge in [0, 0.05) is 32.2 Å². The minimum atomic E-state index is -0.267. The molecule has 0 aromatic carbocycles. The molecule has 0 atom stereocenters. The Labute approximate surface area is 126 Å². The SMILES string of the molecule is CC(C)NC(=O)CN1CCN(C(=O)NN)CC1.Cl.Cl. The van der Waals surface area contributed by atoms with Crippen LogP contribution in [0.2, 0.25) is 0 Å². The van der Waals surface area contributed by atoms with E-state index < -0.39 is 0 Å². The third-order valence-electron chi connectivity index (χ3n) is 2.60. The number of amides is 3. The molecule has 19 heavy (non-hydrogen) atoms. The second-order valence-corrected chi connectivity index (χ2v) is 4.43. The van der Waals surface area contributed by atoms with Gasteiger partial charge in [-0.3, -0.25) is 15.1 Å². The van der Waals surface area contributed by atoms with Crippen molar-refractivity contribution in [2.45, 2.75) is 19.9 Å². The fourth-order valence-corrected chi connectivity index (χ4v) is 1.77. The molecule has 0 aliphatic carbocycles. The fraction of sp³-hybridized carbons (Fsp3) is 0.800. The number of carbonyl (C=O) groups excluding carboxylic acids is 2. The van der Waals surface area contributed by atoms with Crippen molar-refractivity contribution in [3.8, 4) is 0 Å². The van der Waals surface area contributed by atoms with Crippen LogP contribution in [0.3, 0.4) is 0 Å². The zero-order valence-electron chi connectivity index (χ0n) is 11.2. The lowest BCUT2D eigenvalue weighted by Gasteiger charge is -2.33. The molecule has 1 fully saturated rings. The first-order valence-corrected chi connectivity index (χ1v) is 5.80. The summed E-state index contributed by atoms with van der Waals surface area (Å²) in [4.78, 5) is 26.4. The van der Waals surface area contributed by atoms with E-state index in [2.05, 4.69) is 10.7 Å². The number of carbonyl (C=O) groups is 2. The largest absolute Gasteiger partial charge is 0.353 e. The minimum absolute atomic E-state index is 0. The van der Waals surface area contributed by atoms with E-state index in [-0.39, 0.29) is 42.8 Å². The number of nitrogens with two attached hydrogens (primary N) is 1. The highest BCUT2D eigenvalue weighted by molar-refractivity contribution is 5.85. The van der Waals surface area contributed by atoms with Gasteiger partial charge in [0.2, 0.25) is 5.91 Å². The van der Waals surface area contributed by atoms with E-state index in [1.54, 1.807) is 4.90 Å². The van der Waals surface area contributed by atoms with Crippen LogP contribution in [0.25, 0.3) is 0 Å². The molecule has 0 saturated carbocycles. The Balaban J connectivity index is 0. The molecule has 3 amide bonds. The number of halogens is 2. The average molecular weight is 316 g/mol. The second kappa shape index (κ2) is 10.1. The van der Waals surface area contributed by atoms with Crippen molar-refractivity contribution in [1.29, 1.82) is 0 Å². The van der Waals surface area contributed by atoms with Gasteiger partial charge < -0.3 is 10.2 Å². The monoisotopic (exact) mass is 315 g/mol. The van der Waals surface area contributed by atoms with Gasteiger partial charge in [-0.05, 0) is 13.8 Å². The van der Waals surface area contributed by atoms with Crippen LogP contribution in [-0.2, 0) is 4.79 Å². The number of nitrogens with one attached hydrogen (secondary N) is 2. The summed E-state index contributed by atoms with van der Waals surface area (Å²) in [5.41, 5.74) is 2.11. The molecule has 114 valence electrons. The van der Waals surface area contributed by atoms with E-state index in [4.69, 9.17) is 5.84 Å². The summed E-state index contributed by atoms with van der Waals surface area (Å²) >= 11 is 0. The number of hydrogen-bond acceptors (Lipinski definition) is 4. The average Bonchev–Trinajstić information content (AvgIpc) is 2.28. The molecule has 0 aromatic rings. The van der Waals surface area contributed by atoms with Crippen molar-refractivity contribution in [1.82, 2.24) is 20.5 Å². The summed E-state index contributed by atoms with van der Waals surface area (Å²) < 4.78 is 0. The summed E-state index contributed by atoms with van der Waals surface area (Å²) in [6.07, 6.45) is 0. The van der Waals surface area contributed by atoms with Crippen LogP contribution in [0.5, 0.6) is 0 Å². The summed E-state index contributed by atoms with van der Waals surface area (Å²) in [7, 11) is 0. The van der Waals surface area contributed by atoms with Gasteiger partial charge in [0.1, 0.15) is 0 Å². The number of rotatable bonds is 3. The van der Waals surface area contributed by atoms with Crippen molar-refractivity contribution >= 4 is 36.8 Å². The number of urea groups is 1. The van der Waals surface area contributed by atoms with Crippen molar-refractivity contribution in [3.63, 3.8) is 0 Å². The van der Waals surface area contributed by atoms with E-state index in [1.807, 2.05) is 18.7 Å². The minimum Gasteiger partial charge on any atom is -0.353 e. The van der Waals surface area contributed by atoms with Crippen LogP contribution in [0.4, 0.5) is 4.79 Å². The number of hydrazine groups is 1. The molecular formula is C10H23Cl2N5O2. The second-order valence-electron chi connectivity index (χ2n) is 4.43. The van der Waals surface area contributed by atoms with Gasteiger partial charge in [-0.2, -0.15) is 0 Å². The lowest BCUT2D eigenvalue weighted by Crippen LogP contribution is -2.54. The molecule has 1 saturated heterocycles. The molecule has 0 aromatic heterocycles. The Hall–Kier alpha value is -0.760. The Morgan fingerprint density at radius 2 is 1.68 bits per heavy atom. The van der Waals surface area contributed by atoms with E-state index in [0.717, 1.165) is 0 Å². The van der Waals surface area contributed by atoms with Crippen molar-refractivity contribution in [3.05, 3.63) is 0 Å². The molecule has 0 radical (unpaired) electrons. The van der Waals surface area contributed by atoms with Gasteiger partial charge in [-0.15, -0.1) is 24.8 Å². The van der Waals surface area contributed by atoms with Crippen LogP contribution in [0.15, 0.2) is 0 Å². The molecular weight excluding hydrogens is 293 g/mol. The topological polar surface area (TPSA) is 90.7 Å². The predicted octanol–water partition coefficient (Wildman–Crippen LogP) is -0.444. The van der Waals surface area contributed by atoms with Crippen molar-refractivity contribution in [2.75, 3.05) is 32.7 Å². The Bertz CT molecular complexity index is 283. The standard InChI is InChI=1S/C10H21N5O2.2ClH/c1-8(2)12-9(16)7-14-3-5-15(6-4-14)10(17)13-11;;/h8H,3-7,11H2,1-2H3,(H,12,16)(H,13,17);2*1H. The van der Waals surface area contributed by atoms with Crippen LogP contribution >= 0.6 is 24.8 Å². The highest BCUT2D eigenvalue weighted by Crippen LogP contribution is 2.01. The van der Waals surface area contributed by atoms with E-state index in [0.29, 0.717) is 32.7 Å². The Kier molecular flexibility index (Phi) is 10.9. The molecule has 1 aliphatic rings. The maximum absolute atomic E-state index is 11.5. The van der Waals surface area contributed by atoms with Crippen LogP contribution < -0.4 is 16.6 Å². The first-order chi connectivity index (χ1) is 8.02. The van der Waals surface area contributed by atoms with Gasteiger partial charge in [-0.25, -0.2) is 10.6 Å². The maximum Gasteiger partial charge on any atom is 0.331 e. The van der Waals surface area contributed by atoms with Gasteiger partial charge in [0.25, 0.3) is 0 Å². The maximum atomic E-state index is 11.5. The van der Waals surface area contributed by atoms with Crippen molar-refractivity contribution in [2.24, 2.45) is 5.84 Å². The quantitative estimate of drug-likeness (QED) is 0.374.